The molecule has 2 heterocycles. The van der Waals surface area contributed by atoms with Gasteiger partial charge in [-0.3, -0.25) is 0 Å². The minimum absolute atomic E-state index is 0.0689. The molecular formula is C24H40O4. The Morgan fingerprint density at radius 1 is 0.429 bits per heavy atom. The van der Waals surface area contributed by atoms with E-state index in [1.807, 2.05) is 0 Å². The number of rotatable bonds is 2. The highest BCUT2D eigenvalue weighted by molar-refractivity contribution is 4.95. The average Bonchev–Trinajstić information content (AvgIpc) is 2.79. The van der Waals surface area contributed by atoms with Crippen molar-refractivity contribution in [3.8, 4) is 0 Å². The molecule has 5 fully saturated rings. The molecule has 2 spiro atoms. The molecule has 0 aromatic carbocycles. The maximum absolute atomic E-state index is 6.30. The topological polar surface area (TPSA) is 36.9 Å². The molecule has 160 valence electrons. The zero-order chi connectivity index (χ0) is 18.9. The van der Waals surface area contributed by atoms with Gasteiger partial charge >= 0.3 is 0 Å². The van der Waals surface area contributed by atoms with Gasteiger partial charge in [0.15, 0.2) is 12.6 Å². The first-order valence-corrected chi connectivity index (χ1v) is 12.2. The molecule has 0 N–H and O–H groups in total. The summed E-state index contributed by atoms with van der Waals surface area (Å²) in [4.78, 5) is 0. The lowest BCUT2D eigenvalue weighted by atomic mass is 9.64. The van der Waals surface area contributed by atoms with E-state index in [2.05, 4.69) is 0 Å². The minimum Gasteiger partial charge on any atom is -0.352 e. The monoisotopic (exact) mass is 392 g/mol. The summed E-state index contributed by atoms with van der Waals surface area (Å²) in [6, 6.07) is 0. The molecule has 0 aromatic rings. The Labute approximate surface area is 171 Å². The van der Waals surface area contributed by atoms with E-state index in [1.165, 1.54) is 89.9 Å². The Balaban J connectivity index is 1.09. The van der Waals surface area contributed by atoms with Gasteiger partial charge in [0.1, 0.15) is 0 Å². The van der Waals surface area contributed by atoms with Gasteiger partial charge in [-0.25, -0.2) is 0 Å². The summed E-state index contributed by atoms with van der Waals surface area (Å²) >= 11 is 0. The van der Waals surface area contributed by atoms with Gasteiger partial charge in [-0.1, -0.05) is 38.5 Å². The van der Waals surface area contributed by atoms with E-state index in [1.54, 1.807) is 0 Å². The van der Waals surface area contributed by atoms with Gasteiger partial charge in [-0.2, -0.15) is 0 Å². The normalized spacial score (nSPS) is 44.1. The van der Waals surface area contributed by atoms with Crippen molar-refractivity contribution in [2.24, 2.45) is 22.7 Å². The molecule has 3 aliphatic carbocycles. The lowest BCUT2D eigenvalue weighted by Crippen LogP contribution is -2.52. The van der Waals surface area contributed by atoms with Crippen LogP contribution in [0.15, 0.2) is 0 Å². The second kappa shape index (κ2) is 8.53. The Morgan fingerprint density at radius 3 is 1.07 bits per heavy atom. The highest BCUT2D eigenvalue weighted by Crippen LogP contribution is 2.50. The van der Waals surface area contributed by atoms with Crippen molar-refractivity contribution in [2.45, 2.75) is 102 Å². The second-order valence-electron chi connectivity index (χ2n) is 10.8. The molecule has 0 atom stereocenters. The van der Waals surface area contributed by atoms with E-state index in [0.29, 0.717) is 11.8 Å². The molecule has 5 aliphatic rings. The van der Waals surface area contributed by atoms with Crippen molar-refractivity contribution < 1.29 is 18.9 Å². The van der Waals surface area contributed by atoms with Gasteiger partial charge in [-0.05, 0) is 51.4 Å². The van der Waals surface area contributed by atoms with E-state index >= 15 is 0 Å². The summed E-state index contributed by atoms with van der Waals surface area (Å²) in [6.45, 7) is 3.60. The fraction of sp³-hybridized carbons (Fsp3) is 1.00. The number of hydrogen-bond acceptors (Lipinski definition) is 4. The molecule has 0 radical (unpaired) electrons. The zero-order valence-corrected chi connectivity index (χ0v) is 17.7. The summed E-state index contributed by atoms with van der Waals surface area (Å²) in [7, 11) is 0. The minimum atomic E-state index is 0.0689. The van der Waals surface area contributed by atoms with E-state index in [0.717, 1.165) is 26.4 Å². The van der Waals surface area contributed by atoms with Crippen LogP contribution in [-0.4, -0.2) is 39.0 Å². The van der Waals surface area contributed by atoms with Crippen LogP contribution in [0.4, 0.5) is 0 Å². The van der Waals surface area contributed by atoms with Crippen LogP contribution in [-0.2, 0) is 18.9 Å². The Bertz CT molecular complexity index is 435. The molecule has 0 amide bonds. The van der Waals surface area contributed by atoms with Crippen LogP contribution in [0.1, 0.15) is 89.9 Å². The third kappa shape index (κ3) is 4.17. The van der Waals surface area contributed by atoms with Crippen LogP contribution < -0.4 is 0 Å². The third-order valence-corrected chi connectivity index (χ3v) is 8.66. The molecule has 4 heteroatoms. The molecule has 0 unspecified atom stereocenters. The standard InChI is InChI=1S/C24H40O4/c1-3-7-19(8-4-1)21-25-15-23(16-26-21)11-13-24(14-12-23)17-27-22(28-18-24)20-9-5-2-6-10-20/h19-22H,1-18H2. The van der Waals surface area contributed by atoms with E-state index < -0.39 is 0 Å². The number of hydrogen-bond donors (Lipinski definition) is 0. The summed E-state index contributed by atoms with van der Waals surface area (Å²) in [5.41, 5.74) is 0.493. The summed E-state index contributed by atoms with van der Waals surface area (Å²) in [5, 5.41) is 0. The van der Waals surface area contributed by atoms with Gasteiger partial charge in [-0.15, -0.1) is 0 Å². The molecular weight excluding hydrogens is 352 g/mol. The van der Waals surface area contributed by atoms with Gasteiger partial charge in [0.2, 0.25) is 0 Å². The van der Waals surface area contributed by atoms with Crippen LogP contribution in [0, 0.1) is 22.7 Å². The molecule has 0 aromatic heterocycles. The van der Waals surface area contributed by atoms with Gasteiger partial charge in [0, 0.05) is 22.7 Å². The van der Waals surface area contributed by atoms with Crippen LogP contribution in [0.2, 0.25) is 0 Å². The Kier molecular flexibility index (Phi) is 6.03. The first kappa shape index (κ1) is 19.8. The van der Waals surface area contributed by atoms with Gasteiger partial charge in [0.05, 0.1) is 26.4 Å². The average molecular weight is 393 g/mol. The van der Waals surface area contributed by atoms with Crippen molar-refractivity contribution in [3.05, 3.63) is 0 Å². The molecule has 2 aliphatic heterocycles. The molecule has 28 heavy (non-hydrogen) atoms. The van der Waals surface area contributed by atoms with Crippen LogP contribution in [0.25, 0.3) is 0 Å². The molecule has 4 nitrogen and oxygen atoms in total. The third-order valence-electron chi connectivity index (χ3n) is 8.66. The first-order valence-electron chi connectivity index (χ1n) is 12.2. The Morgan fingerprint density at radius 2 is 0.750 bits per heavy atom. The highest BCUT2D eigenvalue weighted by Gasteiger charge is 2.48. The van der Waals surface area contributed by atoms with Crippen molar-refractivity contribution >= 4 is 0 Å². The van der Waals surface area contributed by atoms with Crippen molar-refractivity contribution in [1.82, 2.24) is 0 Å². The summed E-state index contributed by atoms with van der Waals surface area (Å²) in [6.07, 6.45) is 18.3. The highest BCUT2D eigenvalue weighted by atomic mass is 16.7. The Hall–Kier alpha value is -0.160. The van der Waals surface area contributed by atoms with Gasteiger partial charge < -0.3 is 18.9 Å². The quantitative estimate of drug-likeness (QED) is 0.627. The smallest absolute Gasteiger partial charge is 0.160 e. The zero-order valence-electron chi connectivity index (χ0n) is 17.7. The van der Waals surface area contributed by atoms with Crippen LogP contribution in [0.5, 0.6) is 0 Å². The van der Waals surface area contributed by atoms with E-state index in [9.17, 15) is 0 Å². The lowest BCUT2D eigenvalue weighted by molar-refractivity contribution is -0.283. The molecule has 0 bridgehead atoms. The van der Waals surface area contributed by atoms with Gasteiger partial charge in [0.25, 0.3) is 0 Å². The fourth-order valence-corrected chi connectivity index (χ4v) is 6.46. The molecule has 3 saturated carbocycles. The maximum atomic E-state index is 6.30. The summed E-state index contributed by atoms with van der Waals surface area (Å²) < 4.78 is 25.2. The lowest BCUT2D eigenvalue weighted by Gasteiger charge is -2.51. The van der Waals surface area contributed by atoms with E-state index in [-0.39, 0.29) is 23.4 Å². The molecule has 5 rings (SSSR count). The van der Waals surface area contributed by atoms with Crippen molar-refractivity contribution in [2.75, 3.05) is 26.4 Å². The van der Waals surface area contributed by atoms with E-state index in [4.69, 9.17) is 18.9 Å². The SMILES string of the molecule is C1CCC(C2OCC3(CCC4(CC3)COC(C3CCCCC3)OC4)CO2)CC1. The first-order chi connectivity index (χ1) is 13.8. The fourth-order valence-electron chi connectivity index (χ4n) is 6.46. The van der Waals surface area contributed by atoms with Crippen molar-refractivity contribution in [3.63, 3.8) is 0 Å². The number of ether oxygens (including phenoxy) is 4. The van der Waals surface area contributed by atoms with Crippen molar-refractivity contribution in [1.29, 1.82) is 0 Å². The maximum Gasteiger partial charge on any atom is 0.160 e. The molecule has 2 saturated heterocycles. The predicted octanol–water partition coefficient (Wildman–Crippen LogP) is 5.44. The second-order valence-corrected chi connectivity index (χ2v) is 10.8. The van der Waals surface area contributed by atoms with Crippen LogP contribution >= 0.6 is 0 Å². The van der Waals surface area contributed by atoms with Crippen LogP contribution in [0.3, 0.4) is 0 Å². The summed E-state index contributed by atoms with van der Waals surface area (Å²) in [5.74, 6) is 1.27. The largest absolute Gasteiger partial charge is 0.352 e. The predicted molar refractivity (Wildman–Crippen MR) is 108 cm³/mol.